The molecule has 1 aromatic rings. The van der Waals surface area contributed by atoms with Crippen LogP contribution in [0.15, 0.2) is 18.2 Å². The molecule has 2 fully saturated rings. The molecular formula is C21H32N4O3. The number of rotatable bonds is 7. The first-order valence-electron chi connectivity index (χ1n) is 10.5. The van der Waals surface area contributed by atoms with Gasteiger partial charge in [0.2, 0.25) is 0 Å². The van der Waals surface area contributed by atoms with Crippen LogP contribution >= 0.6 is 0 Å². The molecule has 0 atom stereocenters. The van der Waals surface area contributed by atoms with Gasteiger partial charge in [0.25, 0.3) is 5.91 Å². The van der Waals surface area contributed by atoms with Crippen LogP contribution in [-0.2, 0) is 9.53 Å². The van der Waals surface area contributed by atoms with E-state index < -0.39 is 6.09 Å². The fourth-order valence-corrected chi connectivity index (χ4v) is 4.15. The van der Waals surface area contributed by atoms with Gasteiger partial charge in [-0.25, -0.2) is 9.78 Å². The Labute approximate surface area is 167 Å². The molecule has 0 bridgehead atoms. The largest absolute Gasteiger partial charge is 0.439 e. The van der Waals surface area contributed by atoms with Gasteiger partial charge >= 0.3 is 6.09 Å². The number of amides is 2. The molecule has 0 unspecified atom stereocenters. The summed E-state index contributed by atoms with van der Waals surface area (Å²) in [5.41, 5.74) is 1.26. The molecule has 0 spiro atoms. The molecule has 2 amide bonds. The minimum Gasteiger partial charge on any atom is -0.439 e. The Balaban J connectivity index is 1.37. The highest BCUT2D eigenvalue weighted by Crippen LogP contribution is 2.34. The highest BCUT2D eigenvalue weighted by molar-refractivity contribution is 5.79. The third-order valence-corrected chi connectivity index (χ3v) is 5.90. The van der Waals surface area contributed by atoms with Gasteiger partial charge in [0, 0.05) is 38.3 Å². The third kappa shape index (κ3) is 5.84. The molecular weight excluding hydrogens is 356 g/mol. The summed E-state index contributed by atoms with van der Waals surface area (Å²) in [6.45, 7) is 2.35. The first-order valence-corrected chi connectivity index (χ1v) is 10.5. The molecule has 1 saturated carbocycles. The molecule has 7 nitrogen and oxygen atoms in total. The SMILES string of the molecule is CNC(=O)COC(=O)NCCC1CCN(c2cccc(C3CCCC3)n2)CC1. The number of anilines is 1. The van der Waals surface area contributed by atoms with Gasteiger partial charge in [0.1, 0.15) is 5.82 Å². The molecule has 1 aliphatic carbocycles. The number of nitrogens with one attached hydrogen (secondary N) is 2. The molecule has 3 rings (SSSR count). The van der Waals surface area contributed by atoms with Crippen LogP contribution in [0.5, 0.6) is 0 Å². The molecule has 1 aromatic heterocycles. The smallest absolute Gasteiger partial charge is 0.407 e. The van der Waals surface area contributed by atoms with E-state index in [1.807, 2.05) is 0 Å². The number of hydrogen-bond acceptors (Lipinski definition) is 5. The first-order chi connectivity index (χ1) is 13.7. The minimum atomic E-state index is -0.533. The summed E-state index contributed by atoms with van der Waals surface area (Å²) >= 11 is 0. The van der Waals surface area contributed by atoms with E-state index in [9.17, 15) is 9.59 Å². The van der Waals surface area contributed by atoms with E-state index in [1.54, 1.807) is 0 Å². The first kappa shape index (κ1) is 20.4. The number of carbonyl (C=O) groups excluding carboxylic acids is 2. The lowest BCUT2D eigenvalue weighted by Gasteiger charge is -2.33. The Morgan fingerprint density at radius 3 is 2.64 bits per heavy atom. The molecule has 1 aliphatic heterocycles. The number of pyridine rings is 1. The van der Waals surface area contributed by atoms with E-state index in [0.717, 1.165) is 38.2 Å². The van der Waals surface area contributed by atoms with Crippen molar-refractivity contribution in [2.24, 2.45) is 5.92 Å². The van der Waals surface area contributed by atoms with Crippen molar-refractivity contribution in [2.45, 2.75) is 50.9 Å². The summed E-state index contributed by atoms with van der Waals surface area (Å²) < 4.78 is 4.83. The van der Waals surface area contributed by atoms with Crippen molar-refractivity contribution in [3.8, 4) is 0 Å². The summed E-state index contributed by atoms with van der Waals surface area (Å²) in [5, 5.41) is 5.14. The normalized spacial score (nSPS) is 18.1. The fourth-order valence-electron chi connectivity index (χ4n) is 4.15. The zero-order chi connectivity index (χ0) is 19.8. The Bertz CT molecular complexity index is 653. The number of hydrogen-bond donors (Lipinski definition) is 2. The van der Waals surface area contributed by atoms with Gasteiger partial charge in [0.15, 0.2) is 6.61 Å². The van der Waals surface area contributed by atoms with E-state index in [0.29, 0.717) is 18.4 Å². The average Bonchev–Trinajstić information content (AvgIpc) is 3.27. The predicted molar refractivity (Wildman–Crippen MR) is 108 cm³/mol. The maximum atomic E-state index is 11.6. The molecule has 0 aromatic carbocycles. The van der Waals surface area contributed by atoms with Crippen molar-refractivity contribution < 1.29 is 14.3 Å². The summed E-state index contributed by atoms with van der Waals surface area (Å²) in [6, 6.07) is 6.46. The van der Waals surface area contributed by atoms with E-state index in [1.165, 1.54) is 38.4 Å². The number of aromatic nitrogens is 1. The van der Waals surface area contributed by atoms with Crippen molar-refractivity contribution in [3.63, 3.8) is 0 Å². The highest BCUT2D eigenvalue weighted by atomic mass is 16.6. The second kappa shape index (κ2) is 10.3. The second-order valence-corrected chi connectivity index (χ2v) is 7.80. The van der Waals surface area contributed by atoms with Crippen LogP contribution in [0.25, 0.3) is 0 Å². The van der Waals surface area contributed by atoms with Crippen LogP contribution < -0.4 is 15.5 Å². The van der Waals surface area contributed by atoms with E-state index in [2.05, 4.69) is 33.7 Å². The molecule has 0 radical (unpaired) electrons. The molecule has 28 heavy (non-hydrogen) atoms. The molecule has 2 aliphatic rings. The number of alkyl carbamates (subject to hydrolysis) is 1. The summed E-state index contributed by atoms with van der Waals surface area (Å²) in [7, 11) is 1.51. The summed E-state index contributed by atoms with van der Waals surface area (Å²) in [5.74, 6) is 2.03. The Hall–Kier alpha value is -2.31. The Kier molecular flexibility index (Phi) is 7.51. The van der Waals surface area contributed by atoms with Gasteiger partial charge in [-0.15, -0.1) is 0 Å². The van der Waals surface area contributed by atoms with Gasteiger partial charge in [-0.05, 0) is 50.2 Å². The monoisotopic (exact) mass is 388 g/mol. The minimum absolute atomic E-state index is 0.242. The molecule has 2 N–H and O–H groups in total. The Morgan fingerprint density at radius 2 is 1.93 bits per heavy atom. The summed E-state index contributed by atoms with van der Waals surface area (Å²) in [4.78, 5) is 29.9. The standard InChI is InChI=1S/C21H32N4O3/c1-22-20(26)15-28-21(27)23-12-9-16-10-13-25(14-11-16)19-8-4-7-18(24-19)17-5-2-3-6-17/h4,7-8,16-17H,2-3,5-6,9-15H2,1H3,(H,22,26)(H,23,27). The number of nitrogens with zero attached hydrogens (tertiary/aromatic N) is 2. The highest BCUT2D eigenvalue weighted by Gasteiger charge is 2.22. The predicted octanol–water partition coefficient (Wildman–Crippen LogP) is 2.82. The van der Waals surface area contributed by atoms with Crippen LogP contribution in [0.3, 0.4) is 0 Å². The number of ether oxygens (including phenoxy) is 1. The van der Waals surface area contributed by atoms with E-state index in [-0.39, 0.29) is 12.5 Å². The third-order valence-electron chi connectivity index (χ3n) is 5.90. The van der Waals surface area contributed by atoms with Crippen LogP contribution in [0, 0.1) is 5.92 Å². The van der Waals surface area contributed by atoms with Gasteiger partial charge in [-0.3, -0.25) is 4.79 Å². The van der Waals surface area contributed by atoms with Crippen molar-refractivity contribution >= 4 is 17.8 Å². The van der Waals surface area contributed by atoms with Crippen LogP contribution in [0.2, 0.25) is 0 Å². The maximum absolute atomic E-state index is 11.6. The number of likely N-dealkylation sites (N-methyl/N-ethyl adjacent to an activating group) is 1. The second-order valence-electron chi connectivity index (χ2n) is 7.80. The quantitative estimate of drug-likeness (QED) is 0.750. The number of piperidine rings is 1. The van der Waals surface area contributed by atoms with Gasteiger partial charge in [-0.1, -0.05) is 18.9 Å². The lowest BCUT2D eigenvalue weighted by atomic mass is 9.93. The van der Waals surface area contributed by atoms with E-state index >= 15 is 0 Å². The molecule has 154 valence electrons. The zero-order valence-corrected chi connectivity index (χ0v) is 16.8. The van der Waals surface area contributed by atoms with Crippen molar-refractivity contribution in [2.75, 3.05) is 38.2 Å². The Morgan fingerprint density at radius 1 is 1.18 bits per heavy atom. The van der Waals surface area contributed by atoms with Crippen LogP contribution in [0.1, 0.15) is 56.6 Å². The van der Waals surface area contributed by atoms with Crippen molar-refractivity contribution in [1.29, 1.82) is 0 Å². The lowest BCUT2D eigenvalue weighted by Crippen LogP contribution is -2.36. The zero-order valence-electron chi connectivity index (χ0n) is 16.8. The van der Waals surface area contributed by atoms with E-state index in [4.69, 9.17) is 9.72 Å². The average molecular weight is 389 g/mol. The van der Waals surface area contributed by atoms with Gasteiger partial charge < -0.3 is 20.3 Å². The van der Waals surface area contributed by atoms with Crippen molar-refractivity contribution in [1.82, 2.24) is 15.6 Å². The summed E-state index contributed by atoms with van der Waals surface area (Å²) in [6.07, 6.45) is 7.81. The molecule has 1 saturated heterocycles. The maximum Gasteiger partial charge on any atom is 0.407 e. The topological polar surface area (TPSA) is 83.6 Å². The fraction of sp³-hybridized carbons (Fsp3) is 0.667. The lowest BCUT2D eigenvalue weighted by molar-refractivity contribution is -0.123. The van der Waals surface area contributed by atoms with Gasteiger partial charge in [-0.2, -0.15) is 0 Å². The van der Waals surface area contributed by atoms with Crippen molar-refractivity contribution in [3.05, 3.63) is 23.9 Å². The van der Waals surface area contributed by atoms with Gasteiger partial charge in [0.05, 0.1) is 0 Å². The molecule has 7 heteroatoms. The molecule has 2 heterocycles. The van der Waals surface area contributed by atoms with Crippen LogP contribution in [-0.4, -0.2) is 50.3 Å². The van der Waals surface area contributed by atoms with Crippen LogP contribution in [0.4, 0.5) is 10.6 Å². The number of carbonyl (C=O) groups is 2.